The zero-order chi connectivity index (χ0) is 42.0. The molecule has 61 heavy (non-hydrogen) atoms. The van der Waals surface area contributed by atoms with Gasteiger partial charge in [0, 0.05) is 69.2 Å². The van der Waals surface area contributed by atoms with Crippen LogP contribution in [0.4, 0.5) is 0 Å². The lowest BCUT2D eigenvalue weighted by molar-refractivity contribution is -0.145. The van der Waals surface area contributed by atoms with Gasteiger partial charge < -0.3 is 23.3 Å². The van der Waals surface area contributed by atoms with E-state index in [1.54, 1.807) is 0 Å². The molecule has 0 aliphatic carbocycles. The molecule has 308 valence electrons. The molecular formula is C52H49N3O4S2. The third-order valence-electron chi connectivity index (χ3n) is 11.2. The maximum Gasteiger partial charge on any atom is 0.306 e. The molecule has 0 amide bonds. The van der Waals surface area contributed by atoms with Gasteiger partial charge in [-0.2, -0.15) is 5.26 Å². The molecule has 0 aliphatic heterocycles. The molecule has 2 aromatic heterocycles. The average Bonchev–Trinajstić information content (AvgIpc) is 3.80. The molecule has 0 bridgehead atoms. The minimum atomic E-state index is -0.871. The van der Waals surface area contributed by atoms with Crippen molar-refractivity contribution in [3.05, 3.63) is 157 Å². The number of ether oxygens (including phenoxy) is 3. The average molecular weight is 844 g/mol. The van der Waals surface area contributed by atoms with E-state index < -0.39 is 4.75 Å². The maximum atomic E-state index is 13.1. The summed E-state index contributed by atoms with van der Waals surface area (Å²) in [4.78, 5) is 13.1. The summed E-state index contributed by atoms with van der Waals surface area (Å²) < 4.78 is 23.0. The van der Waals surface area contributed by atoms with Gasteiger partial charge in [0.15, 0.2) is 0 Å². The maximum absolute atomic E-state index is 13.1. The monoisotopic (exact) mass is 843 g/mol. The Labute approximate surface area is 366 Å². The lowest BCUT2D eigenvalue weighted by Gasteiger charge is -2.21. The number of thioether (sulfide) groups is 1. The Balaban J connectivity index is 0.887. The summed E-state index contributed by atoms with van der Waals surface area (Å²) in [6, 6.07) is 52.1. The largest absolute Gasteiger partial charge is 0.493 e. The smallest absolute Gasteiger partial charge is 0.306 e. The van der Waals surface area contributed by atoms with Crippen LogP contribution in [0.5, 0.6) is 11.5 Å². The molecule has 0 N–H and O–H groups in total. The molecule has 1 atom stereocenters. The molecule has 0 saturated heterocycles. The van der Waals surface area contributed by atoms with Crippen LogP contribution in [0.3, 0.4) is 0 Å². The highest BCUT2D eigenvalue weighted by molar-refractivity contribution is 8.24. The van der Waals surface area contributed by atoms with E-state index in [0.29, 0.717) is 35.3 Å². The van der Waals surface area contributed by atoms with Crippen molar-refractivity contribution in [3.63, 3.8) is 0 Å². The summed E-state index contributed by atoms with van der Waals surface area (Å²) >= 11 is 6.93. The number of esters is 1. The standard InChI is InChI=1S/C52H49N3O4S2/c1-52(37-53,61-51(60)39-17-3-2-4-18-39)28-27-50(56)59-36-38-33-40(57-31-15-13-29-54-46-23-9-5-19-42(46)43-20-6-10-24-47(43)54)35-41(34-38)58-32-16-14-30-55-48-25-11-7-21-44(48)45-22-8-12-26-49(45)55/h2-12,17-26,33-35H,13-16,27-32,36H2,1H3. The third kappa shape index (κ3) is 9.94. The van der Waals surface area contributed by atoms with Crippen molar-refractivity contribution < 1.29 is 19.0 Å². The Morgan fingerprint density at radius 2 is 1.08 bits per heavy atom. The van der Waals surface area contributed by atoms with Gasteiger partial charge in [-0.3, -0.25) is 4.79 Å². The van der Waals surface area contributed by atoms with Gasteiger partial charge in [-0.15, -0.1) is 0 Å². The van der Waals surface area contributed by atoms with Crippen molar-refractivity contribution >= 4 is 77.8 Å². The Kier molecular flexibility index (Phi) is 13.3. The van der Waals surface area contributed by atoms with Crippen molar-refractivity contribution in [1.82, 2.24) is 9.13 Å². The Bertz CT molecular complexity index is 2590. The molecule has 7 nitrogen and oxygen atoms in total. The highest BCUT2D eigenvalue weighted by Gasteiger charge is 2.28. The Morgan fingerprint density at radius 3 is 1.54 bits per heavy atom. The van der Waals surface area contributed by atoms with Crippen molar-refractivity contribution in [3.8, 4) is 17.6 Å². The molecule has 0 fully saturated rings. The van der Waals surface area contributed by atoms with Gasteiger partial charge in [-0.05, 0) is 86.6 Å². The molecule has 2 heterocycles. The molecule has 0 aliphatic rings. The number of hydrogen-bond donors (Lipinski definition) is 0. The lowest BCUT2D eigenvalue weighted by atomic mass is 10.1. The number of thiocarbonyl (C=S) groups is 1. The third-order valence-corrected chi connectivity index (χ3v) is 12.8. The number of nitrogens with zero attached hydrogens (tertiary/aromatic N) is 3. The molecule has 0 spiro atoms. The zero-order valence-corrected chi connectivity index (χ0v) is 36.1. The summed E-state index contributed by atoms with van der Waals surface area (Å²) in [7, 11) is 0. The number of hydrogen-bond acceptors (Lipinski definition) is 7. The van der Waals surface area contributed by atoms with Gasteiger partial charge >= 0.3 is 5.97 Å². The number of aryl methyl sites for hydroxylation is 2. The quantitative estimate of drug-likeness (QED) is 0.0456. The number of rotatable bonds is 19. The number of carbonyl (C=O) groups excluding carboxylic acids is 1. The predicted molar refractivity (Wildman–Crippen MR) is 254 cm³/mol. The fourth-order valence-electron chi connectivity index (χ4n) is 8.04. The highest BCUT2D eigenvalue weighted by Crippen LogP contribution is 2.34. The minimum absolute atomic E-state index is 0.0623. The van der Waals surface area contributed by atoms with Crippen molar-refractivity contribution in [2.45, 2.75) is 69.9 Å². The van der Waals surface area contributed by atoms with Gasteiger partial charge in [-0.25, -0.2) is 0 Å². The van der Waals surface area contributed by atoms with Gasteiger partial charge in [-0.1, -0.05) is 127 Å². The molecule has 8 aromatic rings. The SMILES string of the molecule is CC(C#N)(CCC(=O)OCc1cc(OCCCCn2c3ccccc3c3ccccc32)cc(OCCCCn2c3ccccc3c3ccccc32)c1)SC(=S)c1ccccc1. The summed E-state index contributed by atoms with van der Waals surface area (Å²) in [6.45, 7) is 4.72. The van der Waals surface area contributed by atoms with Crippen molar-refractivity contribution in [1.29, 1.82) is 5.26 Å². The van der Waals surface area contributed by atoms with Gasteiger partial charge in [0.25, 0.3) is 0 Å². The van der Waals surface area contributed by atoms with Crippen molar-refractivity contribution in [2.75, 3.05) is 13.2 Å². The molecule has 9 heteroatoms. The summed E-state index contributed by atoms with van der Waals surface area (Å²) in [5.41, 5.74) is 6.65. The van der Waals surface area contributed by atoms with Crippen LogP contribution in [0.25, 0.3) is 43.6 Å². The second kappa shape index (κ2) is 19.5. The first-order chi connectivity index (χ1) is 29.9. The van der Waals surface area contributed by atoms with Crippen LogP contribution in [-0.4, -0.2) is 37.3 Å². The van der Waals surface area contributed by atoms with Gasteiger partial charge in [0.1, 0.15) is 22.9 Å². The normalized spacial score (nSPS) is 12.4. The van der Waals surface area contributed by atoms with Gasteiger partial charge in [0.2, 0.25) is 0 Å². The summed E-state index contributed by atoms with van der Waals surface area (Å²) in [6.07, 6.45) is 4.02. The molecule has 6 aromatic carbocycles. The predicted octanol–water partition coefficient (Wildman–Crippen LogP) is 12.8. The minimum Gasteiger partial charge on any atom is -0.493 e. The van der Waals surface area contributed by atoms with E-state index in [1.165, 1.54) is 55.4 Å². The first-order valence-electron chi connectivity index (χ1n) is 21.1. The number of fused-ring (bicyclic) bond motifs is 6. The van der Waals surface area contributed by atoms with Crippen molar-refractivity contribution in [2.24, 2.45) is 0 Å². The zero-order valence-electron chi connectivity index (χ0n) is 34.4. The van der Waals surface area contributed by atoms with Crippen LogP contribution < -0.4 is 9.47 Å². The van der Waals surface area contributed by atoms with Crippen LogP contribution in [0.2, 0.25) is 0 Å². The van der Waals surface area contributed by atoms with E-state index in [4.69, 9.17) is 26.4 Å². The number of para-hydroxylation sites is 4. The lowest BCUT2D eigenvalue weighted by Crippen LogP contribution is -2.22. The number of nitriles is 1. The van der Waals surface area contributed by atoms with E-state index in [-0.39, 0.29) is 19.0 Å². The molecule has 8 rings (SSSR count). The molecule has 0 saturated carbocycles. The van der Waals surface area contributed by atoms with Gasteiger partial charge in [0.05, 0.1) is 23.5 Å². The summed E-state index contributed by atoms with van der Waals surface area (Å²) in [5.74, 6) is 0.971. The second-order valence-corrected chi connectivity index (χ2v) is 17.7. The van der Waals surface area contributed by atoms with E-state index in [0.717, 1.165) is 49.9 Å². The topological polar surface area (TPSA) is 78.4 Å². The number of unbranched alkanes of at least 4 members (excludes halogenated alkanes) is 2. The van der Waals surface area contributed by atoms with E-state index in [1.807, 2.05) is 55.5 Å². The first kappa shape index (κ1) is 41.6. The number of benzene rings is 6. The van der Waals surface area contributed by atoms with Crippen LogP contribution in [0.1, 0.15) is 56.6 Å². The highest BCUT2D eigenvalue weighted by atomic mass is 32.2. The van der Waals surface area contributed by atoms with Crippen LogP contribution in [0, 0.1) is 11.3 Å². The van der Waals surface area contributed by atoms with Crippen LogP contribution in [0.15, 0.2) is 146 Å². The fourth-order valence-corrected chi connectivity index (χ4v) is 9.64. The van der Waals surface area contributed by atoms with E-state index >= 15 is 0 Å². The molecule has 0 radical (unpaired) electrons. The van der Waals surface area contributed by atoms with Crippen LogP contribution in [-0.2, 0) is 29.2 Å². The Hall–Kier alpha value is -6.08. The first-order valence-corrected chi connectivity index (χ1v) is 22.3. The Morgan fingerprint density at radius 1 is 0.639 bits per heavy atom. The summed E-state index contributed by atoms with van der Waals surface area (Å²) in [5, 5.41) is 15.1. The number of carbonyl (C=O) groups is 1. The number of aromatic nitrogens is 2. The van der Waals surface area contributed by atoms with Crippen LogP contribution >= 0.6 is 24.0 Å². The second-order valence-electron chi connectivity index (χ2n) is 15.6. The molecular weight excluding hydrogens is 795 g/mol. The fraction of sp³-hybridized carbons (Fsp3) is 0.250. The van der Waals surface area contributed by atoms with E-state index in [9.17, 15) is 10.1 Å². The molecule has 1 unspecified atom stereocenters. The van der Waals surface area contributed by atoms with E-state index in [2.05, 4.69) is 112 Å².